The van der Waals surface area contributed by atoms with Gasteiger partial charge in [-0.25, -0.2) is 0 Å². The van der Waals surface area contributed by atoms with Gasteiger partial charge >= 0.3 is 0 Å². The highest BCUT2D eigenvalue weighted by molar-refractivity contribution is 6.05. The molecule has 2 aliphatic heterocycles. The zero-order chi connectivity index (χ0) is 13.6. The van der Waals surface area contributed by atoms with E-state index in [1.54, 1.807) is 12.1 Å². The van der Waals surface area contributed by atoms with E-state index in [-0.39, 0.29) is 30.5 Å². The average Bonchev–Trinajstić information content (AvgIpc) is 2.69. The molecule has 1 saturated heterocycles. The van der Waals surface area contributed by atoms with Crippen LogP contribution >= 0.6 is 0 Å². The summed E-state index contributed by atoms with van der Waals surface area (Å²) in [6.45, 7) is 0.202. The van der Waals surface area contributed by atoms with Gasteiger partial charge in [-0.05, 0) is 18.6 Å². The molecule has 1 fully saturated rings. The van der Waals surface area contributed by atoms with Gasteiger partial charge in [-0.1, -0.05) is 6.07 Å². The second-order valence-electron chi connectivity index (χ2n) is 4.70. The number of phenolic OH excluding ortho intramolecular Hbond substituents is 1. The number of nitrogens with one attached hydrogen (secondary N) is 1. The minimum atomic E-state index is -0.642. The largest absolute Gasteiger partial charge is 0.508 e. The molecule has 0 aliphatic carbocycles. The summed E-state index contributed by atoms with van der Waals surface area (Å²) in [5.41, 5.74) is 0.960. The zero-order valence-corrected chi connectivity index (χ0v) is 10.0. The molecular formula is C13H12N2O4. The van der Waals surface area contributed by atoms with Gasteiger partial charge in [-0.15, -0.1) is 0 Å². The van der Waals surface area contributed by atoms with Crippen molar-refractivity contribution in [3.8, 4) is 5.75 Å². The Balaban J connectivity index is 1.90. The van der Waals surface area contributed by atoms with Gasteiger partial charge in [0.2, 0.25) is 11.8 Å². The van der Waals surface area contributed by atoms with Gasteiger partial charge < -0.3 is 10.0 Å². The van der Waals surface area contributed by atoms with Gasteiger partial charge in [0.25, 0.3) is 5.91 Å². The number of fused-ring (bicyclic) bond motifs is 1. The van der Waals surface area contributed by atoms with Crippen molar-refractivity contribution in [3.05, 3.63) is 29.3 Å². The molecule has 1 aromatic rings. The molecule has 1 atom stereocenters. The maximum atomic E-state index is 12.2. The predicted molar refractivity (Wildman–Crippen MR) is 64.2 cm³/mol. The van der Waals surface area contributed by atoms with E-state index in [2.05, 4.69) is 5.32 Å². The van der Waals surface area contributed by atoms with Crippen molar-refractivity contribution < 1.29 is 19.5 Å². The normalized spacial score (nSPS) is 22.4. The molecule has 6 heteroatoms. The van der Waals surface area contributed by atoms with E-state index >= 15 is 0 Å². The molecule has 0 unspecified atom stereocenters. The Morgan fingerprint density at radius 3 is 2.74 bits per heavy atom. The first kappa shape index (κ1) is 11.7. The second kappa shape index (κ2) is 4.08. The van der Waals surface area contributed by atoms with Gasteiger partial charge in [-0.2, -0.15) is 0 Å². The molecule has 19 heavy (non-hydrogen) atoms. The number of phenols is 1. The SMILES string of the molecule is O=C1CC[C@H](N2Cc3c(O)cccc3C2=O)C(=O)N1. The quantitative estimate of drug-likeness (QED) is 0.704. The van der Waals surface area contributed by atoms with Gasteiger partial charge in [0.1, 0.15) is 11.8 Å². The molecule has 2 heterocycles. The van der Waals surface area contributed by atoms with Gasteiger partial charge in [-0.3, -0.25) is 19.7 Å². The van der Waals surface area contributed by atoms with Crippen molar-refractivity contribution in [2.24, 2.45) is 0 Å². The highest BCUT2D eigenvalue weighted by atomic mass is 16.3. The number of benzene rings is 1. The van der Waals surface area contributed by atoms with Crippen LogP contribution < -0.4 is 5.32 Å². The number of amides is 3. The van der Waals surface area contributed by atoms with Gasteiger partial charge in [0.15, 0.2) is 0 Å². The lowest BCUT2D eigenvalue weighted by atomic mass is 10.0. The Morgan fingerprint density at radius 1 is 1.26 bits per heavy atom. The van der Waals surface area contributed by atoms with Gasteiger partial charge in [0, 0.05) is 17.5 Å². The summed E-state index contributed by atoms with van der Waals surface area (Å²) in [5.74, 6) is -0.980. The summed E-state index contributed by atoms with van der Waals surface area (Å²) in [5, 5.41) is 12.0. The third-order valence-electron chi connectivity index (χ3n) is 3.56. The van der Waals surface area contributed by atoms with Gasteiger partial charge in [0.05, 0.1) is 6.54 Å². The van der Waals surface area contributed by atoms with Crippen molar-refractivity contribution >= 4 is 17.7 Å². The monoisotopic (exact) mass is 260 g/mol. The van der Waals surface area contributed by atoms with Crippen LogP contribution in [0.5, 0.6) is 5.75 Å². The number of aromatic hydroxyl groups is 1. The number of nitrogens with zero attached hydrogens (tertiary/aromatic N) is 1. The van der Waals surface area contributed by atoms with Crippen LogP contribution in [0.3, 0.4) is 0 Å². The highest BCUT2D eigenvalue weighted by Crippen LogP contribution is 2.32. The Labute approximate surface area is 109 Å². The second-order valence-corrected chi connectivity index (χ2v) is 4.70. The van der Waals surface area contributed by atoms with Crippen molar-refractivity contribution in [1.82, 2.24) is 10.2 Å². The smallest absolute Gasteiger partial charge is 0.255 e. The lowest BCUT2D eigenvalue weighted by Crippen LogP contribution is -2.52. The van der Waals surface area contributed by atoms with Crippen molar-refractivity contribution in [3.63, 3.8) is 0 Å². The molecule has 0 saturated carbocycles. The first-order valence-corrected chi connectivity index (χ1v) is 6.03. The average molecular weight is 260 g/mol. The van der Waals surface area contributed by atoms with E-state index in [1.807, 2.05) is 0 Å². The molecule has 2 aliphatic rings. The molecule has 3 amide bonds. The van der Waals surface area contributed by atoms with Crippen molar-refractivity contribution in [2.45, 2.75) is 25.4 Å². The maximum Gasteiger partial charge on any atom is 0.255 e. The van der Waals surface area contributed by atoms with E-state index in [1.165, 1.54) is 11.0 Å². The van der Waals surface area contributed by atoms with Crippen LogP contribution in [0.15, 0.2) is 18.2 Å². The van der Waals surface area contributed by atoms with E-state index in [9.17, 15) is 19.5 Å². The Morgan fingerprint density at radius 2 is 2.05 bits per heavy atom. The fraction of sp³-hybridized carbons (Fsp3) is 0.308. The molecule has 0 bridgehead atoms. The maximum absolute atomic E-state index is 12.2. The lowest BCUT2D eigenvalue weighted by Gasteiger charge is -2.29. The predicted octanol–water partition coefficient (Wildman–Crippen LogP) is 0.153. The number of carbonyl (C=O) groups excluding carboxylic acids is 3. The number of piperidine rings is 1. The summed E-state index contributed by atoms with van der Waals surface area (Å²) in [6.07, 6.45) is 0.549. The first-order valence-electron chi connectivity index (χ1n) is 6.03. The molecular weight excluding hydrogens is 248 g/mol. The minimum Gasteiger partial charge on any atom is -0.508 e. The van der Waals surface area contributed by atoms with E-state index in [4.69, 9.17) is 0 Å². The molecule has 0 radical (unpaired) electrons. The topological polar surface area (TPSA) is 86.7 Å². The fourth-order valence-electron chi connectivity index (χ4n) is 2.57. The van der Waals surface area contributed by atoms with Crippen molar-refractivity contribution in [1.29, 1.82) is 0 Å². The van der Waals surface area contributed by atoms with Crippen LogP contribution in [0, 0.1) is 0 Å². The summed E-state index contributed by atoms with van der Waals surface area (Å²) < 4.78 is 0. The molecule has 0 aromatic heterocycles. The molecule has 98 valence electrons. The number of hydrogen-bond acceptors (Lipinski definition) is 4. The minimum absolute atomic E-state index is 0.0562. The van der Waals surface area contributed by atoms with E-state index in [0.29, 0.717) is 17.5 Å². The highest BCUT2D eigenvalue weighted by Gasteiger charge is 2.39. The number of imide groups is 1. The number of rotatable bonds is 1. The van der Waals surface area contributed by atoms with Crippen LogP contribution in [0.4, 0.5) is 0 Å². The number of carbonyl (C=O) groups is 3. The van der Waals surface area contributed by atoms with Crippen LogP contribution in [0.1, 0.15) is 28.8 Å². The Bertz CT molecular complexity index is 596. The van der Waals surface area contributed by atoms with E-state index in [0.717, 1.165) is 0 Å². The standard InChI is InChI=1S/C13H12N2O4/c16-10-3-1-2-7-8(10)6-15(13(7)19)9-4-5-11(17)14-12(9)18/h1-3,9,16H,4-6H2,(H,14,17,18)/t9-/m0/s1. The van der Waals surface area contributed by atoms with Crippen LogP contribution in [0.2, 0.25) is 0 Å². The Hall–Kier alpha value is -2.37. The molecule has 6 nitrogen and oxygen atoms in total. The van der Waals surface area contributed by atoms with Crippen LogP contribution in [0.25, 0.3) is 0 Å². The third-order valence-corrected chi connectivity index (χ3v) is 3.56. The van der Waals surface area contributed by atoms with Crippen molar-refractivity contribution in [2.75, 3.05) is 0 Å². The first-order chi connectivity index (χ1) is 9.08. The summed E-state index contributed by atoms with van der Waals surface area (Å²) in [7, 11) is 0. The summed E-state index contributed by atoms with van der Waals surface area (Å²) in [6, 6.07) is 4.10. The zero-order valence-electron chi connectivity index (χ0n) is 10.0. The van der Waals surface area contributed by atoms with E-state index < -0.39 is 11.9 Å². The molecule has 0 spiro atoms. The molecule has 2 N–H and O–H groups in total. The van der Waals surface area contributed by atoms with Crippen LogP contribution in [-0.2, 0) is 16.1 Å². The Kier molecular flexibility index (Phi) is 2.51. The number of hydrogen-bond donors (Lipinski definition) is 2. The third kappa shape index (κ3) is 1.76. The molecule has 3 rings (SSSR count). The molecule has 1 aromatic carbocycles. The summed E-state index contributed by atoms with van der Waals surface area (Å²) in [4.78, 5) is 36.5. The summed E-state index contributed by atoms with van der Waals surface area (Å²) >= 11 is 0. The van der Waals surface area contributed by atoms with Crippen LogP contribution in [-0.4, -0.2) is 33.8 Å². The lowest BCUT2D eigenvalue weighted by molar-refractivity contribution is -0.136. The fourth-order valence-corrected chi connectivity index (χ4v) is 2.57.